The van der Waals surface area contributed by atoms with Crippen LogP contribution in [0.3, 0.4) is 0 Å². The average Bonchev–Trinajstić information content (AvgIpc) is 2.65. The van der Waals surface area contributed by atoms with Gasteiger partial charge in [0.1, 0.15) is 0 Å². The van der Waals surface area contributed by atoms with E-state index in [1.165, 1.54) is 0 Å². The van der Waals surface area contributed by atoms with E-state index < -0.39 is 6.10 Å². The molecular formula is C12H23N3O2. The molecule has 1 atom stereocenters. The molecule has 1 aromatic rings. The number of aliphatic hydroxyl groups is 1. The predicted octanol–water partition coefficient (Wildman–Crippen LogP) is 0.804. The molecule has 0 amide bonds. The molecule has 17 heavy (non-hydrogen) atoms. The summed E-state index contributed by atoms with van der Waals surface area (Å²) in [6, 6.07) is 0. The molecule has 0 aliphatic carbocycles. The van der Waals surface area contributed by atoms with Crippen LogP contribution in [0.25, 0.3) is 0 Å². The van der Waals surface area contributed by atoms with E-state index in [1.54, 1.807) is 7.11 Å². The SMILES string of the molecule is COCC(O)CNCc1cn[nH]c1C(C)(C)C. The Kier molecular flexibility index (Phi) is 5.11. The van der Waals surface area contributed by atoms with Crippen LogP contribution in [0.2, 0.25) is 0 Å². The van der Waals surface area contributed by atoms with Crippen molar-refractivity contribution in [3.8, 4) is 0 Å². The zero-order chi connectivity index (χ0) is 12.9. The monoisotopic (exact) mass is 241 g/mol. The standard InChI is InChI=1S/C12H23N3O2/c1-12(2,3)11-9(6-14-15-11)5-13-7-10(16)8-17-4/h6,10,13,16H,5,7-8H2,1-4H3,(H,14,15). The number of aliphatic hydroxyl groups excluding tert-OH is 1. The summed E-state index contributed by atoms with van der Waals surface area (Å²) in [4.78, 5) is 0. The van der Waals surface area contributed by atoms with Crippen LogP contribution in [0.15, 0.2) is 6.20 Å². The third kappa shape index (κ3) is 4.46. The van der Waals surface area contributed by atoms with Crippen molar-refractivity contribution in [2.75, 3.05) is 20.3 Å². The summed E-state index contributed by atoms with van der Waals surface area (Å²) in [5.74, 6) is 0. The quantitative estimate of drug-likeness (QED) is 0.689. The largest absolute Gasteiger partial charge is 0.389 e. The van der Waals surface area contributed by atoms with Crippen LogP contribution >= 0.6 is 0 Å². The number of nitrogens with zero attached hydrogens (tertiary/aromatic N) is 1. The smallest absolute Gasteiger partial charge is 0.0897 e. The fourth-order valence-electron chi connectivity index (χ4n) is 1.72. The topological polar surface area (TPSA) is 70.2 Å². The Morgan fingerprint density at radius 3 is 2.82 bits per heavy atom. The molecule has 1 unspecified atom stereocenters. The van der Waals surface area contributed by atoms with Crippen molar-refractivity contribution in [2.24, 2.45) is 0 Å². The summed E-state index contributed by atoms with van der Waals surface area (Å²) in [5, 5.41) is 19.8. The number of hydrogen-bond donors (Lipinski definition) is 3. The van der Waals surface area contributed by atoms with E-state index in [0.717, 1.165) is 11.3 Å². The number of nitrogens with one attached hydrogen (secondary N) is 2. The Morgan fingerprint density at radius 1 is 1.53 bits per heavy atom. The van der Waals surface area contributed by atoms with Crippen molar-refractivity contribution in [1.82, 2.24) is 15.5 Å². The van der Waals surface area contributed by atoms with Crippen molar-refractivity contribution in [2.45, 2.75) is 38.8 Å². The molecule has 98 valence electrons. The van der Waals surface area contributed by atoms with Gasteiger partial charge < -0.3 is 15.2 Å². The van der Waals surface area contributed by atoms with Crippen LogP contribution in [0.5, 0.6) is 0 Å². The molecule has 5 heteroatoms. The molecule has 0 saturated heterocycles. The molecule has 1 rings (SSSR count). The summed E-state index contributed by atoms with van der Waals surface area (Å²) >= 11 is 0. The second-order valence-corrected chi connectivity index (χ2v) is 5.26. The third-order valence-corrected chi connectivity index (χ3v) is 2.52. The second kappa shape index (κ2) is 6.14. The lowest BCUT2D eigenvalue weighted by atomic mass is 9.89. The summed E-state index contributed by atoms with van der Waals surface area (Å²) in [6.07, 6.45) is 1.36. The molecule has 0 saturated carbocycles. The third-order valence-electron chi connectivity index (χ3n) is 2.52. The van der Waals surface area contributed by atoms with E-state index in [0.29, 0.717) is 19.7 Å². The maximum atomic E-state index is 9.50. The summed E-state index contributed by atoms with van der Waals surface area (Å²) in [7, 11) is 1.58. The summed E-state index contributed by atoms with van der Waals surface area (Å²) < 4.78 is 4.86. The van der Waals surface area contributed by atoms with Gasteiger partial charge in [-0.05, 0) is 0 Å². The molecule has 0 aliphatic heterocycles. The summed E-state index contributed by atoms with van der Waals surface area (Å²) in [5.41, 5.74) is 2.33. The number of aromatic nitrogens is 2. The van der Waals surface area contributed by atoms with Crippen LogP contribution in [0.4, 0.5) is 0 Å². The summed E-state index contributed by atoms with van der Waals surface area (Å²) in [6.45, 7) is 7.99. The highest BCUT2D eigenvalue weighted by atomic mass is 16.5. The number of hydrogen-bond acceptors (Lipinski definition) is 4. The Bertz CT molecular complexity index is 331. The Hall–Kier alpha value is -0.910. The van der Waals surface area contributed by atoms with Crippen LogP contribution in [0, 0.1) is 0 Å². The molecule has 0 radical (unpaired) electrons. The first-order valence-corrected chi connectivity index (χ1v) is 5.85. The molecule has 0 aliphatic rings. The minimum atomic E-state index is -0.468. The molecule has 0 fully saturated rings. The Morgan fingerprint density at radius 2 is 2.24 bits per heavy atom. The lowest BCUT2D eigenvalue weighted by Crippen LogP contribution is -2.30. The highest BCUT2D eigenvalue weighted by molar-refractivity contribution is 5.23. The average molecular weight is 241 g/mol. The van der Waals surface area contributed by atoms with Crippen LogP contribution in [-0.4, -0.2) is 41.7 Å². The van der Waals surface area contributed by atoms with Gasteiger partial charge in [-0.25, -0.2) is 0 Å². The van der Waals surface area contributed by atoms with E-state index in [1.807, 2.05) is 6.20 Å². The molecule has 0 spiro atoms. The van der Waals surface area contributed by atoms with Gasteiger partial charge in [-0.15, -0.1) is 0 Å². The minimum Gasteiger partial charge on any atom is -0.389 e. The van der Waals surface area contributed by atoms with E-state index in [2.05, 4.69) is 36.3 Å². The van der Waals surface area contributed by atoms with Gasteiger partial charge in [-0.1, -0.05) is 20.8 Å². The van der Waals surface area contributed by atoms with Gasteiger partial charge in [0.25, 0.3) is 0 Å². The molecule has 0 bridgehead atoms. The fraction of sp³-hybridized carbons (Fsp3) is 0.750. The van der Waals surface area contributed by atoms with Crippen LogP contribution < -0.4 is 5.32 Å². The molecule has 1 aromatic heterocycles. The van der Waals surface area contributed by atoms with Gasteiger partial charge in [0.15, 0.2) is 0 Å². The van der Waals surface area contributed by atoms with E-state index >= 15 is 0 Å². The first kappa shape index (κ1) is 14.2. The van der Waals surface area contributed by atoms with Crippen molar-refractivity contribution in [3.63, 3.8) is 0 Å². The van der Waals surface area contributed by atoms with Crippen molar-refractivity contribution in [1.29, 1.82) is 0 Å². The van der Waals surface area contributed by atoms with Gasteiger partial charge in [0, 0.05) is 36.9 Å². The van der Waals surface area contributed by atoms with E-state index in [9.17, 15) is 5.11 Å². The number of rotatable bonds is 6. The second-order valence-electron chi connectivity index (χ2n) is 5.26. The van der Waals surface area contributed by atoms with Gasteiger partial charge in [-0.3, -0.25) is 5.10 Å². The normalized spacial score (nSPS) is 13.9. The van der Waals surface area contributed by atoms with Gasteiger partial charge in [0.2, 0.25) is 0 Å². The van der Waals surface area contributed by atoms with Gasteiger partial charge >= 0.3 is 0 Å². The fourth-order valence-corrected chi connectivity index (χ4v) is 1.72. The highest BCUT2D eigenvalue weighted by Crippen LogP contribution is 2.22. The first-order valence-electron chi connectivity index (χ1n) is 5.85. The number of methoxy groups -OCH3 is 1. The lowest BCUT2D eigenvalue weighted by Gasteiger charge is -2.19. The highest BCUT2D eigenvalue weighted by Gasteiger charge is 2.19. The minimum absolute atomic E-state index is 0.0542. The van der Waals surface area contributed by atoms with Crippen LogP contribution in [0.1, 0.15) is 32.0 Å². The van der Waals surface area contributed by atoms with E-state index in [-0.39, 0.29) is 5.41 Å². The number of aromatic amines is 1. The number of H-pyrrole nitrogens is 1. The van der Waals surface area contributed by atoms with Crippen molar-refractivity contribution < 1.29 is 9.84 Å². The van der Waals surface area contributed by atoms with E-state index in [4.69, 9.17) is 4.74 Å². The Balaban J connectivity index is 2.45. The zero-order valence-electron chi connectivity index (χ0n) is 11.1. The molecule has 3 N–H and O–H groups in total. The van der Waals surface area contributed by atoms with Crippen molar-refractivity contribution >= 4 is 0 Å². The maximum Gasteiger partial charge on any atom is 0.0897 e. The van der Waals surface area contributed by atoms with Crippen molar-refractivity contribution in [3.05, 3.63) is 17.5 Å². The first-order chi connectivity index (χ1) is 7.95. The molecule has 0 aromatic carbocycles. The van der Waals surface area contributed by atoms with Gasteiger partial charge in [0.05, 0.1) is 18.9 Å². The number of ether oxygens (including phenoxy) is 1. The van der Waals surface area contributed by atoms with Gasteiger partial charge in [-0.2, -0.15) is 5.10 Å². The molecule has 1 heterocycles. The lowest BCUT2D eigenvalue weighted by molar-refractivity contribution is 0.0644. The Labute approximate surface area is 103 Å². The maximum absolute atomic E-state index is 9.50. The zero-order valence-corrected chi connectivity index (χ0v) is 11.1. The predicted molar refractivity (Wildman–Crippen MR) is 66.9 cm³/mol. The van der Waals surface area contributed by atoms with Crippen LogP contribution in [-0.2, 0) is 16.7 Å². The molecule has 5 nitrogen and oxygen atoms in total. The molecular weight excluding hydrogens is 218 g/mol.